The summed E-state index contributed by atoms with van der Waals surface area (Å²) in [5.74, 6) is -1.25. The van der Waals surface area contributed by atoms with E-state index in [4.69, 9.17) is 14.2 Å². The number of ether oxygens (including phenoxy) is 3. The molecule has 3 aromatic carbocycles. The number of hydrogen-bond acceptors (Lipinski definition) is 10. The molecule has 276 valence electrons. The van der Waals surface area contributed by atoms with E-state index in [-0.39, 0.29) is 36.4 Å². The highest BCUT2D eigenvalue weighted by Crippen LogP contribution is 2.40. The Morgan fingerprint density at radius 3 is 2.57 bits per heavy atom. The summed E-state index contributed by atoms with van der Waals surface area (Å²) in [7, 11) is -2.55. The summed E-state index contributed by atoms with van der Waals surface area (Å²) in [6.45, 7) is 7.89. The molecule has 2 aromatic heterocycles. The van der Waals surface area contributed by atoms with Crippen molar-refractivity contribution in [1.82, 2.24) is 24.3 Å². The van der Waals surface area contributed by atoms with Gasteiger partial charge in [0.1, 0.15) is 28.1 Å². The molecule has 2 atom stereocenters. The number of sulfonamides is 1. The van der Waals surface area contributed by atoms with Gasteiger partial charge in [0.2, 0.25) is 10.0 Å². The highest BCUT2D eigenvalue weighted by atomic mass is 32.2. The number of pyridine rings is 1. The fourth-order valence-electron chi connectivity index (χ4n) is 6.41. The summed E-state index contributed by atoms with van der Waals surface area (Å²) in [6, 6.07) is 23.2. The molecule has 0 aliphatic carbocycles. The van der Waals surface area contributed by atoms with E-state index in [0.29, 0.717) is 23.6 Å². The van der Waals surface area contributed by atoms with Gasteiger partial charge in [0.25, 0.3) is 0 Å². The second-order valence-corrected chi connectivity index (χ2v) is 15.5. The minimum atomic E-state index is -3.87. The van der Waals surface area contributed by atoms with Crippen LogP contribution in [-0.4, -0.2) is 69.5 Å². The van der Waals surface area contributed by atoms with E-state index in [1.807, 2.05) is 56.3 Å². The number of esters is 1. The maximum atomic E-state index is 13.8. The van der Waals surface area contributed by atoms with E-state index in [9.17, 15) is 23.1 Å². The monoisotopic (exact) mass is 739 g/mol. The molecule has 1 unspecified atom stereocenters. The van der Waals surface area contributed by atoms with Gasteiger partial charge in [-0.05, 0) is 91.4 Å². The Balaban J connectivity index is 1.22. The van der Waals surface area contributed by atoms with Gasteiger partial charge < -0.3 is 19.3 Å². The SMILES string of the molecule is COC(=O)C(C)(C)C(OCc1cn(Cc2cccc(-c3ccnc(C(=O)O)c3)c2)nn1)c1ccc(C)c(CN2C[C@@H](C)Oc3ccccc3S2(=O)=O)c1. The van der Waals surface area contributed by atoms with Gasteiger partial charge in [0, 0.05) is 12.7 Å². The predicted molar refractivity (Wildman–Crippen MR) is 194 cm³/mol. The second kappa shape index (κ2) is 15.3. The third-order valence-electron chi connectivity index (χ3n) is 9.21. The molecular formula is C39H41N5O8S. The number of aromatic nitrogens is 4. The van der Waals surface area contributed by atoms with Crippen molar-refractivity contribution in [3.63, 3.8) is 0 Å². The van der Waals surface area contributed by atoms with Gasteiger partial charge in [-0.3, -0.25) is 4.79 Å². The number of rotatable bonds is 12. The van der Waals surface area contributed by atoms with Crippen LogP contribution < -0.4 is 4.74 Å². The van der Waals surface area contributed by atoms with Gasteiger partial charge in [-0.15, -0.1) is 5.10 Å². The van der Waals surface area contributed by atoms with Crippen LogP contribution in [0.25, 0.3) is 11.1 Å². The third-order valence-corrected chi connectivity index (χ3v) is 11.1. The largest absolute Gasteiger partial charge is 0.488 e. The van der Waals surface area contributed by atoms with E-state index >= 15 is 0 Å². The lowest BCUT2D eigenvalue weighted by Gasteiger charge is -2.32. The smallest absolute Gasteiger partial charge is 0.354 e. The average molecular weight is 740 g/mol. The molecule has 0 saturated heterocycles. The van der Waals surface area contributed by atoms with Crippen LogP contribution in [0.3, 0.4) is 0 Å². The van der Waals surface area contributed by atoms with Crippen molar-refractivity contribution in [3.05, 3.63) is 125 Å². The number of carboxylic acids is 1. The molecule has 1 aliphatic heterocycles. The van der Waals surface area contributed by atoms with Crippen molar-refractivity contribution in [2.45, 2.75) is 64.5 Å². The van der Waals surface area contributed by atoms with E-state index < -0.39 is 33.5 Å². The van der Waals surface area contributed by atoms with Gasteiger partial charge in [-0.25, -0.2) is 22.9 Å². The first-order valence-electron chi connectivity index (χ1n) is 17.0. The zero-order chi connectivity index (χ0) is 37.9. The van der Waals surface area contributed by atoms with Crippen LogP contribution in [-0.2, 0) is 44.0 Å². The lowest BCUT2D eigenvalue weighted by atomic mass is 9.81. The Labute approximate surface area is 308 Å². The summed E-state index contributed by atoms with van der Waals surface area (Å²) in [4.78, 5) is 28.6. The van der Waals surface area contributed by atoms with Crippen molar-refractivity contribution in [1.29, 1.82) is 0 Å². The zero-order valence-electron chi connectivity index (χ0n) is 30.1. The van der Waals surface area contributed by atoms with Gasteiger partial charge in [-0.2, -0.15) is 4.31 Å². The quantitative estimate of drug-likeness (QED) is 0.153. The summed E-state index contributed by atoms with van der Waals surface area (Å²) in [6.07, 6.45) is 2.06. The van der Waals surface area contributed by atoms with Crippen LogP contribution in [0.4, 0.5) is 0 Å². The molecule has 3 heterocycles. The first-order chi connectivity index (χ1) is 25.3. The van der Waals surface area contributed by atoms with Crippen molar-refractivity contribution < 1.29 is 37.3 Å². The molecule has 0 bridgehead atoms. The van der Waals surface area contributed by atoms with E-state index in [2.05, 4.69) is 15.3 Å². The molecule has 1 aliphatic rings. The van der Waals surface area contributed by atoms with Gasteiger partial charge >= 0.3 is 11.9 Å². The maximum Gasteiger partial charge on any atom is 0.354 e. The molecule has 6 rings (SSSR count). The van der Waals surface area contributed by atoms with Gasteiger partial charge in [0.05, 0.1) is 44.5 Å². The minimum Gasteiger partial charge on any atom is -0.488 e. The molecule has 0 saturated carbocycles. The molecule has 0 radical (unpaired) electrons. The average Bonchev–Trinajstić information content (AvgIpc) is 3.55. The Morgan fingerprint density at radius 2 is 1.79 bits per heavy atom. The maximum absolute atomic E-state index is 13.8. The minimum absolute atomic E-state index is 0.0233. The first-order valence-corrected chi connectivity index (χ1v) is 18.4. The summed E-state index contributed by atoms with van der Waals surface area (Å²) in [5.41, 5.74) is 4.14. The fraction of sp³-hybridized carbons (Fsp3) is 0.308. The Bertz CT molecular complexity index is 2250. The summed E-state index contributed by atoms with van der Waals surface area (Å²) in [5, 5.41) is 17.9. The molecular weight excluding hydrogens is 699 g/mol. The Morgan fingerprint density at radius 1 is 1.02 bits per heavy atom. The normalized spacial score (nSPS) is 16.2. The molecule has 0 spiro atoms. The lowest BCUT2D eigenvalue weighted by Crippen LogP contribution is -2.36. The molecule has 1 N–H and O–H groups in total. The molecule has 0 fully saturated rings. The Kier molecular flexibility index (Phi) is 10.8. The topological polar surface area (TPSA) is 163 Å². The predicted octanol–water partition coefficient (Wildman–Crippen LogP) is 5.82. The van der Waals surface area contributed by atoms with Crippen LogP contribution >= 0.6 is 0 Å². The van der Waals surface area contributed by atoms with Crippen molar-refractivity contribution >= 4 is 22.0 Å². The summed E-state index contributed by atoms with van der Waals surface area (Å²) < 4.78 is 48.3. The lowest BCUT2D eigenvalue weighted by molar-refractivity contribution is -0.162. The van der Waals surface area contributed by atoms with E-state index in [1.54, 1.807) is 55.1 Å². The number of hydrogen-bond donors (Lipinski definition) is 1. The Hall–Kier alpha value is -5.44. The van der Waals surface area contributed by atoms with Crippen LogP contribution in [0.15, 0.2) is 96.2 Å². The number of carbonyl (C=O) groups excluding carboxylic acids is 1. The molecule has 13 nitrogen and oxygen atoms in total. The molecule has 53 heavy (non-hydrogen) atoms. The standard InChI is InChI=1S/C39H41N5O8S/c1-25-13-14-30(18-31(25)22-44-20-26(2)52-34-11-6-7-12-35(34)53(44,48)49)36(39(3,4)38(47)50-5)51-24-32-23-43(42-41-32)21-27-9-8-10-28(17-27)29-15-16-40-33(19-29)37(45)46/h6-19,23,26,36H,20-22,24H2,1-5H3,(H,45,46)/t26-,36?/m1/s1. The number of nitrogens with zero attached hydrogens (tertiary/aromatic N) is 5. The van der Waals surface area contributed by atoms with Crippen LogP contribution in [0.2, 0.25) is 0 Å². The van der Waals surface area contributed by atoms with Crippen molar-refractivity contribution in [2.24, 2.45) is 5.41 Å². The third kappa shape index (κ3) is 8.14. The number of fused-ring (bicyclic) bond motifs is 1. The summed E-state index contributed by atoms with van der Waals surface area (Å²) >= 11 is 0. The number of para-hydroxylation sites is 1. The number of methoxy groups -OCH3 is 1. The highest BCUT2D eigenvalue weighted by molar-refractivity contribution is 7.89. The number of benzene rings is 3. The number of aryl methyl sites for hydroxylation is 1. The van der Waals surface area contributed by atoms with E-state index in [1.165, 1.54) is 23.7 Å². The molecule has 14 heteroatoms. The number of carbonyl (C=O) groups is 2. The number of carboxylic acid groups (broad SMARTS) is 1. The van der Waals surface area contributed by atoms with Crippen LogP contribution in [0.1, 0.15) is 65.3 Å². The second-order valence-electron chi connectivity index (χ2n) is 13.6. The molecule has 5 aromatic rings. The van der Waals surface area contributed by atoms with Gasteiger partial charge in [0.15, 0.2) is 0 Å². The van der Waals surface area contributed by atoms with Crippen molar-refractivity contribution in [2.75, 3.05) is 13.7 Å². The van der Waals surface area contributed by atoms with E-state index in [0.717, 1.165) is 27.8 Å². The molecule has 0 amide bonds. The van der Waals surface area contributed by atoms with Crippen molar-refractivity contribution in [3.8, 4) is 16.9 Å². The van der Waals surface area contributed by atoms with Crippen LogP contribution in [0, 0.1) is 12.3 Å². The first kappa shape index (κ1) is 37.3. The number of aromatic carboxylic acids is 1. The fourth-order valence-corrected chi connectivity index (χ4v) is 8.02. The zero-order valence-corrected chi connectivity index (χ0v) is 30.9. The van der Waals surface area contributed by atoms with Gasteiger partial charge in [-0.1, -0.05) is 53.7 Å². The van der Waals surface area contributed by atoms with Crippen LogP contribution in [0.5, 0.6) is 5.75 Å². The highest BCUT2D eigenvalue weighted by Gasteiger charge is 2.41.